The first kappa shape index (κ1) is 20.1. The van der Waals surface area contributed by atoms with Crippen molar-refractivity contribution in [2.24, 2.45) is 0 Å². The van der Waals surface area contributed by atoms with Crippen LogP contribution in [-0.2, 0) is 32.0 Å². The number of ether oxygens (including phenoxy) is 4. The van der Waals surface area contributed by atoms with E-state index in [0.29, 0.717) is 20.0 Å². The summed E-state index contributed by atoms with van der Waals surface area (Å²) in [5.74, 6) is 0. The van der Waals surface area contributed by atoms with Gasteiger partial charge in [-0.25, -0.2) is 0 Å². The van der Waals surface area contributed by atoms with Crippen molar-refractivity contribution in [3.8, 4) is 0 Å². The fourth-order valence-electron chi connectivity index (χ4n) is 2.19. The maximum atomic E-state index is 5.91. The van der Waals surface area contributed by atoms with E-state index in [0.717, 1.165) is 18.4 Å². The van der Waals surface area contributed by atoms with Crippen molar-refractivity contribution in [1.82, 2.24) is 0 Å². The molecule has 0 saturated carbocycles. The molecule has 2 atom stereocenters. The van der Waals surface area contributed by atoms with Crippen LogP contribution in [0.1, 0.15) is 52.2 Å². The fraction of sp³-hybridized carbons (Fsp3) is 0.684. The summed E-state index contributed by atoms with van der Waals surface area (Å²) in [7, 11) is 0. The molecule has 1 aromatic carbocycles. The Labute approximate surface area is 141 Å². The largest absolute Gasteiger partial charge is 0.353 e. The molecule has 0 radical (unpaired) electrons. The molecule has 23 heavy (non-hydrogen) atoms. The van der Waals surface area contributed by atoms with Gasteiger partial charge in [0.25, 0.3) is 0 Å². The van der Waals surface area contributed by atoms with Crippen LogP contribution in [0.25, 0.3) is 0 Å². The first-order chi connectivity index (χ1) is 11.0. The van der Waals surface area contributed by atoms with Crippen LogP contribution in [0.4, 0.5) is 0 Å². The SMILES string of the molecule is CCOC(CC)OC(C)Cc1ccc(COCOC(C)C)cc1. The third-order valence-electron chi connectivity index (χ3n) is 3.37. The summed E-state index contributed by atoms with van der Waals surface area (Å²) >= 11 is 0. The van der Waals surface area contributed by atoms with Gasteiger partial charge in [-0.2, -0.15) is 0 Å². The molecule has 0 aliphatic rings. The molecule has 0 bridgehead atoms. The van der Waals surface area contributed by atoms with Crippen molar-refractivity contribution >= 4 is 0 Å². The predicted molar refractivity (Wildman–Crippen MR) is 92.3 cm³/mol. The van der Waals surface area contributed by atoms with Crippen LogP contribution in [0, 0.1) is 0 Å². The van der Waals surface area contributed by atoms with Gasteiger partial charge in [0.2, 0.25) is 0 Å². The molecular weight excluding hydrogens is 292 g/mol. The van der Waals surface area contributed by atoms with Gasteiger partial charge in [0.1, 0.15) is 6.79 Å². The molecule has 0 heterocycles. The first-order valence-electron chi connectivity index (χ1n) is 8.59. The highest BCUT2D eigenvalue weighted by atomic mass is 16.7. The van der Waals surface area contributed by atoms with Crippen LogP contribution in [0.2, 0.25) is 0 Å². The minimum absolute atomic E-state index is 0.108. The Bertz CT molecular complexity index is 402. The first-order valence-corrected chi connectivity index (χ1v) is 8.59. The monoisotopic (exact) mass is 324 g/mol. The van der Waals surface area contributed by atoms with Gasteiger partial charge in [-0.1, -0.05) is 31.2 Å². The second-order valence-electron chi connectivity index (χ2n) is 5.94. The van der Waals surface area contributed by atoms with Crippen LogP contribution in [0.5, 0.6) is 0 Å². The molecular formula is C19H32O4. The minimum Gasteiger partial charge on any atom is -0.353 e. The summed E-state index contributed by atoms with van der Waals surface area (Å²) < 4.78 is 22.3. The van der Waals surface area contributed by atoms with E-state index in [1.165, 1.54) is 5.56 Å². The van der Waals surface area contributed by atoms with Crippen LogP contribution in [-0.4, -0.2) is 31.9 Å². The smallest absolute Gasteiger partial charge is 0.157 e. The number of hydrogen-bond acceptors (Lipinski definition) is 4. The molecule has 132 valence electrons. The van der Waals surface area contributed by atoms with E-state index >= 15 is 0 Å². The molecule has 2 unspecified atom stereocenters. The third-order valence-corrected chi connectivity index (χ3v) is 3.37. The molecule has 0 saturated heterocycles. The lowest BCUT2D eigenvalue weighted by Crippen LogP contribution is -2.23. The maximum Gasteiger partial charge on any atom is 0.157 e. The quantitative estimate of drug-likeness (QED) is 0.424. The van der Waals surface area contributed by atoms with E-state index in [1.54, 1.807) is 0 Å². The van der Waals surface area contributed by atoms with Gasteiger partial charge >= 0.3 is 0 Å². The van der Waals surface area contributed by atoms with E-state index in [2.05, 4.69) is 38.1 Å². The molecule has 4 heteroatoms. The van der Waals surface area contributed by atoms with Crippen molar-refractivity contribution in [2.75, 3.05) is 13.4 Å². The van der Waals surface area contributed by atoms with Gasteiger partial charge in [-0.3, -0.25) is 0 Å². The number of hydrogen-bond donors (Lipinski definition) is 0. The van der Waals surface area contributed by atoms with Crippen LogP contribution >= 0.6 is 0 Å². The van der Waals surface area contributed by atoms with Crippen LogP contribution < -0.4 is 0 Å². The van der Waals surface area contributed by atoms with E-state index < -0.39 is 0 Å². The van der Waals surface area contributed by atoms with Crippen molar-refractivity contribution < 1.29 is 18.9 Å². The normalized spacial score (nSPS) is 14.2. The zero-order valence-corrected chi connectivity index (χ0v) is 15.2. The number of rotatable bonds is 12. The fourth-order valence-corrected chi connectivity index (χ4v) is 2.19. The zero-order chi connectivity index (χ0) is 17.1. The number of benzene rings is 1. The Kier molecular flexibility index (Phi) is 10.1. The van der Waals surface area contributed by atoms with Gasteiger partial charge in [-0.05, 0) is 51.7 Å². The summed E-state index contributed by atoms with van der Waals surface area (Å²) in [6.45, 7) is 11.7. The Morgan fingerprint density at radius 2 is 1.57 bits per heavy atom. The maximum absolute atomic E-state index is 5.91. The Morgan fingerprint density at radius 1 is 0.913 bits per heavy atom. The summed E-state index contributed by atoms with van der Waals surface area (Å²) in [6.07, 6.45) is 1.97. The molecule has 4 nitrogen and oxygen atoms in total. The van der Waals surface area contributed by atoms with E-state index in [1.807, 2.05) is 20.8 Å². The molecule has 0 N–H and O–H groups in total. The highest BCUT2D eigenvalue weighted by Crippen LogP contribution is 2.12. The van der Waals surface area contributed by atoms with E-state index in [4.69, 9.17) is 18.9 Å². The lowest BCUT2D eigenvalue weighted by atomic mass is 10.1. The summed E-state index contributed by atoms with van der Waals surface area (Å²) in [4.78, 5) is 0. The topological polar surface area (TPSA) is 36.9 Å². The molecule has 1 aromatic rings. The average molecular weight is 324 g/mol. The molecule has 1 rings (SSSR count). The van der Waals surface area contributed by atoms with E-state index in [9.17, 15) is 0 Å². The predicted octanol–water partition coefficient (Wildman–Crippen LogP) is 4.31. The molecule has 0 spiro atoms. The summed E-state index contributed by atoms with van der Waals surface area (Å²) in [5.41, 5.74) is 2.40. The molecule has 0 aliphatic carbocycles. The van der Waals surface area contributed by atoms with Crippen molar-refractivity contribution in [2.45, 2.75) is 72.6 Å². The standard InChI is InChI=1S/C19H32O4/c1-6-19(21-7-2)23-16(5)12-17-8-10-18(11-9-17)13-20-14-22-15(3)4/h8-11,15-16,19H,6-7,12-14H2,1-5H3. The summed E-state index contributed by atoms with van der Waals surface area (Å²) in [6, 6.07) is 8.45. The Hall–Kier alpha value is -0.940. The zero-order valence-electron chi connectivity index (χ0n) is 15.2. The van der Waals surface area contributed by atoms with Crippen molar-refractivity contribution in [1.29, 1.82) is 0 Å². The lowest BCUT2D eigenvalue weighted by molar-refractivity contribution is -0.164. The van der Waals surface area contributed by atoms with E-state index in [-0.39, 0.29) is 18.5 Å². The van der Waals surface area contributed by atoms with Crippen molar-refractivity contribution in [3.05, 3.63) is 35.4 Å². The highest BCUT2D eigenvalue weighted by Gasteiger charge is 2.12. The Balaban J connectivity index is 2.35. The molecule has 0 aromatic heterocycles. The lowest BCUT2D eigenvalue weighted by Gasteiger charge is -2.21. The second-order valence-corrected chi connectivity index (χ2v) is 5.94. The van der Waals surface area contributed by atoms with Gasteiger partial charge in [0, 0.05) is 6.61 Å². The minimum atomic E-state index is -0.108. The Morgan fingerprint density at radius 3 is 2.13 bits per heavy atom. The van der Waals surface area contributed by atoms with Crippen LogP contribution in [0.15, 0.2) is 24.3 Å². The average Bonchev–Trinajstić information content (AvgIpc) is 2.52. The van der Waals surface area contributed by atoms with Gasteiger partial charge < -0.3 is 18.9 Å². The van der Waals surface area contributed by atoms with Crippen LogP contribution in [0.3, 0.4) is 0 Å². The van der Waals surface area contributed by atoms with Crippen molar-refractivity contribution in [3.63, 3.8) is 0 Å². The van der Waals surface area contributed by atoms with Gasteiger partial charge in [0.15, 0.2) is 6.29 Å². The second kappa shape index (κ2) is 11.6. The molecule has 0 amide bonds. The molecule has 0 fully saturated rings. The van der Waals surface area contributed by atoms with Gasteiger partial charge in [0.05, 0.1) is 18.8 Å². The highest BCUT2D eigenvalue weighted by molar-refractivity contribution is 5.22. The summed E-state index contributed by atoms with van der Waals surface area (Å²) in [5, 5.41) is 0. The molecule has 0 aliphatic heterocycles. The van der Waals surface area contributed by atoms with Gasteiger partial charge in [-0.15, -0.1) is 0 Å². The third kappa shape index (κ3) is 9.06.